The van der Waals surface area contributed by atoms with Crippen LogP contribution in [0.2, 0.25) is 0 Å². The summed E-state index contributed by atoms with van der Waals surface area (Å²) >= 11 is 0. The van der Waals surface area contributed by atoms with E-state index in [1.165, 1.54) is 0 Å². The van der Waals surface area contributed by atoms with E-state index in [2.05, 4.69) is 0 Å². The van der Waals surface area contributed by atoms with Crippen LogP contribution in [0.15, 0.2) is 0 Å². The van der Waals surface area contributed by atoms with Crippen LogP contribution in [0, 0.1) is 0 Å². The summed E-state index contributed by atoms with van der Waals surface area (Å²) in [5.74, 6) is -3.54. The van der Waals surface area contributed by atoms with Crippen molar-refractivity contribution in [2.24, 2.45) is 0 Å². The molecule has 0 radical (unpaired) electrons. The minimum Gasteiger partial charge on any atom is -0.511 e. The predicted octanol–water partition coefficient (Wildman–Crippen LogP) is -3.74. The lowest BCUT2D eigenvalue weighted by Gasteiger charge is -2.07. The summed E-state index contributed by atoms with van der Waals surface area (Å²) in [4.78, 5) is 33.9. The van der Waals surface area contributed by atoms with E-state index in [0.717, 1.165) is 0 Å². The topological polar surface area (TPSA) is 173 Å². The predicted molar refractivity (Wildman–Crippen MR) is 38.2 cm³/mol. The first-order valence-corrected chi connectivity index (χ1v) is 4.24. The number of carbonyl (C=O) groups is 2. The lowest BCUT2D eigenvalue weighted by Crippen LogP contribution is -2.39. The molecule has 6 N–H and O–H groups in total. The molecule has 0 heterocycles. The molecule has 0 aliphatic carbocycles. The summed E-state index contributed by atoms with van der Waals surface area (Å²) in [7, 11) is -3.13. The van der Waals surface area contributed by atoms with Gasteiger partial charge in [-0.2, -0.15) is 0 Å². The second-order valence-electron chi connectivity index (χ2n) is 1.85. The maximum absolute atomic E-state index is 9.77. The molecule has 9 nitrogen and oxygen atoms in total. The molecule has 0 saturated carbocycles. The Bertz CT molecular complexity index is 203. The fourth-order valence-corrected chi connectivity index (χ4v) is 0.270. The van der Waals surface area contributed by atoms with Crippen LogP contribution in [0.4, 0.5) is 0 Å². The normalized spacial score (nSPS) is 13.0. The highest BCUT2D eigenvalue weighted by atomic mass is 28.3. The second-order valence-corrected chi connectivity index (χ2v) is 2.41. The Labute approximate surface area is 78.4 Å². The van der Waals surface area contributed by atoms with Gasteiger partial charge in [-0.15, -0.1) is 0 Å². The molecule has 0 aromatic carbocycles. The van der Waals surface area contributed by atoms with Gasteiger partial charge in [0, 0.05) is 0 Å². The highest BCUT2D eigenvalue weighted by Gasteiger charge is 2.29. The molecule has 82 valence electrons. The molecule has 0 bridgehead atoms. The minimum atomic E-state index is -3.13. The third-order valence-electron chi connectivity index (χ3n) is 0.805. The molecular formula is C4H8O9Si. The smallest absolute Gasteiger partial charge is 0.511 e. The van der Waals surface area contributed by atoms with E-state index in [1.54, 1.807) is 0 Å². The van der Waals surface area contributed by atoms with Crippen molar-refractivity contribution < 1.29 is 44.1 Å². The third kappa shape index (κ3) is 8.57. The van der Waals surface area contributed by atoms with E-state index in [-0.39, 0.29) is 0 Å². The van der Waals surface area contributed by atoms with E-state index in [1.807, 2.05) is 0 Å². The van der Waals surface area contributed by atoms with E-state index in [0.29, 0.717) is 0 Å². The van der Waals surface area contributed by atoms with Crippen LogP contribution in [0.3, 0.4) is 0 Å². The summed E-state index contributed by atoms with van der Waals surface area (Å²) in [6.07, 6.45) is -4.53. The van der Waals surface area contributed by atoms with Crippen molar-refractivity contribution in [1.82, 2.24) is 0 Å². The Morgan fingerprint density at radius 2 is 1.07 bits per heavy atom. The SMILES string of the molecule is O=C(O)C(O)C(O)C(=O)O.O=[Si](O)O. The lowest BCUT2D eigenvalue weighted by molar-refractivity contribution is -0.165. The first-order chi connectivity index (χ1) is 6.20. The van der Waals surface area contributed by atoms with Gasteiger partial charge in [0.2, 0.25) is 0 Å². The van der Waals surface area contributed by atoms with Crippen LogP contribution in [0.25, 0.3) is 0 Å². The number of aliphatic hydroxyl groups excluding tert-OH is 2. The van der Waals surface area contributed by atoms with Gasteiger partial charge < -0.3 is 30.0 Å². The third-order valence-corrected chi connectivity index (χ3v) is 0.805. The molecule has 0 fully saturated rings. The van der Waals surface area contributed by atoms with Crippen molar-refractivity contribution >= 4 is 21.1 Å². The van der Waals surface area contributed by atoms with Crippen LogP contribution in [0.5, 0.6) is 0 Å². The fourth-order valence-electron chi connectivity index (χ4n) is 0.270. The summed E-state index contributed by atoms with van der Waals surface area (Å²) in [5.41, 5.74) is 0. The Kier molecular flexibility index (Phi) is 7.42. The maximum Gasteiger partial charge on any atom is 0.761 e. The zero-order chi connectivity index (χ0) is 11.9. The van der Waals surface area contributed by atoms with Crippen molar-refractivity contribution in [2.45, 2.75) is 12.2 Å². The first-order valence-electron chi connectivity index (χ1n) is 2.93. The summed E-state index contributed by atoms with van der Waals surface area (Å²) in [6, 6.07) is 0. The van der Waals surface area contributed by atoms with E-state index >= 15 is 0 Å². The first kappa shape index (κ1) is 15.0. The van der Waals surface area contributed by atoms with Gasteiger partial charge in [-0.25, -0.2) is 9.59 Å². The van der Waals surface area contributed by atoms with Crippen LogP contribution in [-0.2, 0) is 14.1 Å². The number of rotatable bonds is 3. The van der Waals surface area contributed by atoms with Crippen molar-refractivity contribution in [3.63, 3.8) is 0 Å². The van der Waals surface area contributed by atoms with Crippen LogP contribution < -0.4 is 0 Å². The molecule has 14 heavy (non-hydrogen) atoms. The molecule has 0 amide bonds. The molecule has 10 heteroatoms. The van der Waals surface area contributed by atoms with Crippen LogP contribution in [0.1, 0.15) is 0 Å². The Balaban J connectivity index is 0. The molecule has 2 atom stereocenters. The van der Waals surface area contributed by atoms with Crippen LogP contribution in [-0.4, -0.2) is 63.3 Å². The minimum absolute atomic E-state index is 1.77. The molecule has 0 rings (SSSR count). The average molecular weight is 228 g/mol. The quantitative estimate of drug-likeness (QED) is 0.265. The monoisotopic (exact) mass is 228 g/mol. The second kappa shape index (κ2) is 6.94. The molecule has 0 aromatic heterocycles. The largest absolute Gasteiger partial charge is 0.761 e. The summed E-state index contributed by atoms with van der Waals surface area (Å²) in [6.45, 7) is 0. The van der Waals surface area contributed by atoms with Gasteiger partial charge >= 0.3 is 21.1 Å². The molecule has 0 aromatic rings. The zero-order valence-electron chi connectivity index (χ0n) is 6.56. The van der Waals surface area contributed by atoms with Crippen LogP contribution >= 0.6 is 0 Å². The van der Waals surface area contributed by atoms with Gasteiger partial charge in [0.1, 0.15) is 0 Å². The van der Waals surface area contributed by atoms with Crippen molar-refractivity contribution in [3.05, 3.63) is 0 Å². The summed E-state index contributed by atoms with van der Waals surface area (Å²) in [5, 5.41) is 32.5. The standard InChI is InChI=1S/C4H6O6.H2O3Si/c5-1(3(7)8)2(6)4(9)10;1-4(2)3/h1-2,5-6H,(H,7,8)(H,9,10);1-2H. The van der Waals surface area contributed by atoms with Crippen molar-refractivity contribution in [2.75, 3.05) is 0 Å². The molecule has 0 saturated heterocycles. The molecule has 0 spiro atoms. The van der Waals surface area contributed by atoms with Gasteiger partial charge in [-0.1, -0.05) is 0 Å². The van der Waals surface area contributed by atoms with Gasteiger partial charge in [0.25, 0.3) is 0 Å². The lowest BCUT2D eigenvalue weighted by atomic mass is 10.2. The van der Waals surface area contributed by atoms with Gasteiger partial charge in [-0.3, -0.25) is 4.46 Å². The van der Waals surface area contributed by atoms with E-state index < -0.39 is 33.3 Å². The number of carboxylic acid groups (broad SMARTS) is 2. The van der Waals surface area contributed by atoms with E-state index in [4.69, 9.17) is 34.5 Å². The number of carboxylic acids is 2. The highest BCUT2D eigenvalue weighted by Crippen LogP contribution is 1.92. The average Bonchev–Trinajstić information content (AvgIpc) is 2.00. The van der Waals surface area contributed by atoms with Gasteiger partial charge in [-0.05, 0) is 0 Å². The number of aliphatic hydroxyl groups is 2. The van der Waals surface area contributed by atoms with Gasteiger partial charge in [0.15, 0.2) is 12.2 Å². The fraction of sp³-hybridized carbons (Fsp3) is 0.500. The Morgan fingerprint density at radius 1 is 0.929 bits per heavy atom. The molecule has 2 unspecified atom stereocenters. The Hall–Kier alpha value is -1.52. The summed E-state index contributed by atoms with van der Waals surface area (Å²) < 4.78 is 8.74. The highest BCUT2D eigenvalue weighted by molar-refractivity contribution is 6.22. The molecular weight excluding hydrogens is 220 g/mol. The number of hydrogen-bond acceptors (Lipinski definition) is 5. The maximum atomic E-state index is 9.77. The molecule has 0 aliphatic heterocycles. The number of aliphatic carboxylic acids is 2. The van der Waals surface area contributed by atoms with Gasteiger partial charge in [0.05, 0.1) is 0 Å². The molecule has 0 aliphatic rings. The van der Waals surface area contributed by atoms with Crippen molar-refractivity contribution in [3.8, 4) is 0 Å². The van der Waals surface area contributed by atoms with E-state index in [9.17, 15) is 9.59 Å². The zero-order valence-corrected chi connectivity index (χ0v) is 7.56. The Morgan fingerprint density at radius 3 is 1.14 bits per heavy atom. The number of hydrogen-bond donors (Lipinski definition) is 6. The van der Waals surface area contributed by atoms with Crippen molar-refractivity contribution in [1.29, 1.82) is 0 Å².